The van der Waals surface area contributed by atoms with E-state index in [1.54, 1.807) is 0 Å². The van der Waals surface area contributed by atoms with Crippen molar-refractivity contribution < 1.29 is 45.6 Å². The first kappa shape index (κ1) is 20.5. The molecule has 0 bridgehead atoms. The lowest BCUT2D eigenvalue weighted by Crippen LogP contribution is -2.35. The van der Waals surface area contributed by atoms with Gasteiger partial charge in [-0.25, -0.2) is 9.59 Å². The third-order valence-corrected chi connectivity index (χ3v) is 3.39. The fourth-order valence-electron chi connectivity index (χ4n) is 1.22. The van der Waals surface area contributed by atoms with E-state index in [4.69, 9.17) is 14.0 Å². The summed E-state index contributed by atoms with van der Waals surface area (Å²) >= 11 is 0. The van der Waals surface area contributed by atoms with Crippen molar-refractivity contribution in [3.05, 3.63) is 36.4 Å². The molecule has 0 spiro atoms. The number of carbonyl (C=O) groups is 2. The maximum absolute atomic E-state index is 12.9. The number of rotatable bonds is 8. The summed E-state index contributed by atoms with van der Waals surface area (Å²) in [6.45, 7) is 2.25. The van der Waals surface area contributed by atoms with Gasteiger partial charge in [-0.15, -0.1) is 0 Å². The highest BCUT2D eigenvalue weighted by atomic mass is 32.2. The summed E-state index contributed by atoms with van der Waals surface area (Å²) in [4.78, 5) is 22.5. The molecule has 1 rings (SSSR count). The van der Waals surface area contributed by atoms with E-state index in [-0.39, 0.29) is 17.1 Å². The zero-order chi connectivity index (χ0) is 19.3. The highest BCUT2D eigenvalue weighted by Crippen LogP contribution is 2.21. The smallest absolute Gasteiger partial charge is 0.402 e. The normalized spacial score (nSPS) is 11.5. The molecule has 0 heterocycles. The van der Waals surface area contributed by atoms with Crippen molar-refractivity contribution in [2.75, 3.05) is 13.2 Å². The maximum Gasteiger partial charge on any atom is 0.402 e. The molecule has 1 aromatic carbocycles. The van der Waals surface area contributed by atoms with Crippen LogP contribution in [0.15, 0.2) is 36.4 Å². The van der Waals surface area contributed by atoms with E-state index in [1.807, 2.05) is 0 Å². The first-order chi connectivity index (χ1) is 11.4. The van der Waals surface area contributed by atoms with Crippen LogP contribution in [0, 0.1) is 0 Å². The SMILES string of the molecule is C=C(C)C(=O)Oc1ccc(OCC(=O)OCC(F)(F)S(=O)(=O)O)cc1. The Kier molecular flexibility index (Phi) is 6.59. The lowest BCUT2D eigenvalue weighted by Gasteiger charge is -2.13. The maximum atomic E-state index is 12.9. The molecule has 0 atom stereocenters. The number of hydrogen-bond acceptors (Lipinski definition) is 7. The standard InChI is InChI=1S/C14H14F2O8S/c1-9(2)13(18)24-11-5-3-10(4-6-11)22-7-12(17)23-8-14(15,16)25(19,20)21/h3-6H,1,7-8H2,2H3,(H,19,20,21). The zero-order valence-corrected chi connectivity index (χ0v) is 13.7. The highest BCUT2D eigenvalue weighted by molar-refractivity contribution is 7.86. The predicted molar refractivity (Wildman–Crippen MR) is 79.8 cm³/mol. The topological polar surface area (TPSA) is 116 Å². The molecule has 0 saturated carbocycles. The first-order valence-electron chi connectivity index (χ1n) is 6.53. The molecule has 0 aliphatic heterocycles. The van der Waals surface area contributed by atoms with Gasteiger partial charge in [0.25, 0.3) is 0 Å². The van der Waals surface area contributed by atoms with Crippen molar-refractivity contribution in [2.24, 2.45) is 0 Å². The molecule has 0 fully saturated rings. The van der Waals surface area contributed by atoms with Gasteiger partial charge >= 0.3 is 27.3 Å². The molecular weight excluding hydrogens is 366 g/mol. The van der Waals surface area contributed by atoms with E-state index >= 15 is 0 Å². The Bertz CT molecular complexity index is 756. The van der Waals surface area contributed by atoms with E-state index in [0.717, 1.165) is 0 Å². The molecule has 25 heavy (non-hydrogen) atoms. The molecule has 0 amide bonds. The third-order valence-electron chi connectivity index (χ3n) is 2.52. The van der Waals surface area contributed by atoms with Gasteiger partial charge in [-0.3, -0.25) is 4.55 Å². The highest BCUT2D eigenvalue weighted by Gasteiger charge is 2.45. The predicted octanol–water partition coefficient (Wildman–Crippen LogP) is 1.57. The Balaban J connectivity index is 2.49. The summed E-state index contributed by atoms with van der Waals surface area (Å²) < 4.78 is 68.5. The number of halogens is 2. The van der Waals surface area contributed by atoms with E-state index in [9.17, 15) is 26.8 Å². The first-order valence-corrected chi connectivity index (χ1v) is 7.97. The Labute approximate surface area is 141 Å². The van der Waals surface area contributed by atoms with Gasteiger partial charge < -0.3 is 14.2 Å². The van der Waals surface area contributed by atoms with Gasteiger partial charge in [0, 0.05) is 5.57 Å². The second kappa shape index (κ2) is 8.03. The number of benzene rings is 1. The quantitative estimate of drug-likeness (QED) is 0.313. The van der Waals surface area contributed by atoms with Crippen molar-refractivity contribution in [3.8, 4) is 11.5 Å². The molecule has 138 valence electrons. The average molecular weight is 380 g/mol. The van der Waals surface area contributed by atoms with Crippen LogP contribution in [0.1, 0.15) is 6.92 Å². The molecule has 0 aliphatic carbocycles. The monoisotopic (exact) mass is 380 g/mol. The van der Waals surface area contributed by atoms with Crippen molar-refractivity contribution in [3.63, 3.8) is 0 Å². The van der Waals surface area contributed by atoms with E-state index in [0.29, 0.717) is 0 Å². The minimum Gasteiger partial charge on any atom is -0.482 e. The molecule has 0 saturated heterocycles. The number of carbonyl (C=O) groups excluding carboxylic acids is 2. The minimum atomic E-state index is -5.69. The molecule has 1 aromatic rings. The van der Waals surface area contributed by atoms with Gasteiger partial charge in [-0.2, -0.15) is 17.2 Å². The van der Waals surface area contributed by atoms with Gasteiger partial charge in [-0.05, 0) is 31.2 Å². The molecule has 11 heteroatoms. The Morgan fingerprint density at radius 1 is 1.20 bits per heavy atom. The molecule has 0 radical (unpaired) electrons. The molecule has 8 nitrogen and oxygen atoms in total. The second-order valence-corrected chi connectivity index (χ2v) is 6.25. The average Bonchev–Trinajstić information content (AvgIpc) is 2.51. The van der Waals surface area contributed by atoms with Gasteiger partial charge in [0.15, 0.2) is 13.2 Å². The third kappa shape index (κ3) is 6.47. The Morgan fingerprint density at radius 2 is 1.72 bits per heavy atom. The Hall–Kier alpha value is -2.53. The number of alkyl halides is 2. The molecule has 0 unspecified atom stereocenters. The van der Waals surface area contributed by atoms with Crippen LogP contribution in [0.2, 0.25) is 0 Å². The van der Waals surface area contributed by atoms with Crippen LogP contribution in [0.5, 0.6) is 11.5 Å². The minimum absolute atomic E-state index is 0.133. The van der Waals surface area contributed by atoms with E-state index in [1.165, 1.54) is 31.2 Å². The van der Waals surface area contributed by atoms with Crippen LogP contribution in [0.4, 0.5) is 8.78 Å². The summed E-state index contributed by atoms with van der Waals surface area (Å²) in [5, 5.41) is -4.61. The van der Waals surface area contributed by atoms with Crippen LogP contribution < -0.4 is 9.47 Å². The number of hydrogen-bond donors (Lipinski definition) is 1. The summed E-state index contributed by atoms with van der Waals surface area (Å²) in [7, 11) is -5.69. The van der Waals surface area contributed by atoms with Gasteiger partial charge in [0.1, 0.15) is 11.5 Å². The number of ether oxygens (including phenoxy) is 3. The van der Waals surface area contributed by atoms with E-state index in [2.05, 4.69) is 11.3 Å². The van der Waals surface area contributed by atoms with Gasteiger partial charge in [-0.1, -0.05) is 6.58 Å². The van der Waals surface area contributed by atoms with Crippen molar-refractivity contribution in [1.82, 2.24) is 0 Å². The summed E-state index contributed by atoms with van der Waals surface area (Å²) in [6.07, 6.45) is 0. The summed E-state index contributed by atoms with van der Waals surface area (Å²) in [5.41, 5.74) is 0.199. The lowest BCUT2D eigenvalue weighted by molar-refractivity contribution is -0.152. The second-order valence-electron chi connectivity index (χ2n) is 4.70. The fraction of sp³-hybridized carbons (Fsp3) is 0.286. The largest absolute Gasteiger partial charge is 0.482 e. The van der Waals surface area contributed by atoms with Gasteiger partial charge in [0.2, 0.25) is 0 Å². The lowest BCUT2D eigenvalue weighted by atomic mass is 10.3. The fourth-order valence-corrected chi connectivity index (χ4v) is 1.43. The molecule has 1 N–H and O–H groups in total. The number of esters is 2. The van der Waals surface area contributed by atoms with Crippen molar-refractivity contribution >= 4 is 22.1 Å². The van der Waals surface area contributed by atoms with Crippen LogP contribution in [-0.4, -0.2) is 43.4 Å². The van der Waals surface area contributed by atoms with Gasteiger partial charge in [0.05, 0.1) is 0 Å². The summed E-state index contributed by atoms with van der Waals surface area (Å²) in [6, 6.07) is 5.38. The van der Waals surface area contributed by atoms with Crippen molar-refractivity contribution in [2.45, 2.75) is 12.2 Å². The van der Waals surface area contributed by atoms with Crippen LogP contribution >= 0.6 is 0 Å². The summed E-state index contributed by atoms with van der Waals surface area (Å²) in [5.74, 6) is -1.58. The molecule has 0 aromatic heterocycles. The van der Waals surface area contributed by atoms with Crippen molar-refractivity contribution in [1.29, 1.82) is 0 Å². The molecule has 0 aliphatic rings. The van der Waals surface area contributed by atoms with Crippen LogP contribution in [0.3, 0.4) is 0 Å². The Morgan fingerprint density at radius 3 is 2.20 bits per heavy atom. The van der Waals surface area contributed by atoms with E-state index < -0.39 is 40.5 Å². The van der Waals surface area contributed by atoms with Crippen LogP contribution in [-0.2, 0) is 24.4 Å². The van der Waals surface area contributed by atoms with Crippen LogP contribution in [0.25, 0.3) is 0 Å². The molecular formula is C14H14F2O8S. The zero-order valence-electron chi connectivity index (χ0n) is 12.9.